The van der Waals surface area contributed by atoms with Crippen molar-refractivity contribution in [3.63, 3.8) is 0 Å². The highest BCUT2D eigenvalue weighted by Crippen LogP contribution is 2.31. The van der Waals surface area contributed by atoms with Gasteiger partial charge in [0, 0.05) is 6.04 Å². The maximum absolute atomic E-state index is 11.5. The summed E-state index contributed by atoms with van der Waals surface area (Å²) < 4.78 is 10.1. The molecular formula is C14H15N3O3. The summed E-state index contributed by atoms with van der Waals surface area (Å²) in [6.45, 7) is 0.622. The van der Waals surface area contributed by atoms with E-state index < -0.39 is 5.97 Å². The normalized spacial score (nSPS) is 14.1. The number of carbonyl (C=O) groups excluding carboxylic acids is 1. The van der Waals surface area contributed by atoms with Gasteiger partial charge >= 0.3 is 5.97 Å². The Morgan fingerprint density at radius 2 is 2.35 bits per heavy atom. The molecule has 0 N–H and O–H groups in total. The van der Waals surface area contributed by atoms with E-state index in [0.29, 0.717) is 18.4 Å². The Kier molecular flexibility index (Phi) is 3.37. The summed E-state index contributed by atoms with van der Waals surface area (Å²) in [4.78, 5) is 22.0. The molecule has 20 heavy (non-hydrogen) atoms. The maximum atomic E-state index is 11.5. The van der Waals surface area contributed by atoms with Gasteiger partial charge in [-0.05, 0) is 25.0 Å². The third kappa shape index (κ3) is 2.64. The third-order valence-corrected chi connectivity index (χ3v) is 3.20. The lowest BCUT2D eigenvalue weighted by Gasteiger charge is -2.22. The molecule has 2 heterocycles. The zero-order valence-electron chi connectivity index (χ0n) is 11.2. The maximum Gasteiger partial charge on any atom is 0.358 e. The minimum absolute atomic E-state index is 0.218. The molecule has 0 radical (unpaired) electrons. The number of esters is 1. The molecule has 0 aromatic carbocycles. The molecule has 0 aliphatic heterocycles. The van der Waals surface area contributed by atoms with Gasteiger partial charge in [-0.15, -0.1) is 0 Å². The summed E-state index contributed by atoms with van der Waals surface area (Å²) >= 11 is 0. The molecule has 1 aliphatic rings. The molecule has 1 aliphatic carbocycles. The number of furan rings is 1. The van der Waals surface area contributed by atoms with Crippen molar-refractivity contribution in [1.29, 1.82) is 0 Å². The van der Waals surface area contributed by atoms with Crippen LogP contribution in [-0.2, 0) is 11.3 Å². The minimum atomic E-state index is -0.479. The molecule has 0 amide bonds. The highest BCUT2D eigenvalue weighted by Gasteiger charge is 2.31. The van der Waals surface area contributed by atoms with E-state index in [-0.39, 0.29) is 5.69 Å². The van der Waals surface area contributed by atoms with Crippen molar-refractivity contribution < 1.29 is 13.9 Å². The molecule has 6 heteroatoms. The summed E-state index contributed by atoms with van der Waals surface area (Å²) in [6, 6.07) is 4.21. The van der Waals surface area contributed by atoms with E-state index >= 15 is 0 Å². The number of hydrogen-bond acceptors (Lipinski definition) is 6. The van der Waals surface area contributed by atoms with Gasteiger partial charge < -0.3 is 14.1 Å². The lowest BCUT2D eigenvalue weighted by atomic mass is 10.3. The lowest BCUT2D eigenvalue weighted by Crippen LogP contribution is -2.26. The first-order chi connectivity index (χ1) is 9.78. The Labute approximate surface area is 116 Å². The van der Waals surface area contributed by atoms with E-state index in [1.165, 1.54) is 13.3 Å². The van der Waals surface area contributed by atoms with Gasteiger partial charge in [0.05, 0.1) is 32.3 Å². The fourth-order valence-electron chi connectivity index (χ4n) is 2.05. The van der Waals surface area contributed by atoms with Gasteiger partial charge in [-0.2, -0.15) is 0 Å². The molecule has 0 atom stereocenters. The van der Waals surface area contributed by atoms with Gasteiger partial charge in [0.1, 0.15) is 11.6 Å². The number of rotatable bonds is 5. The molecule has 0 bridgehead atoms. The Morgan fingerprint density at radius 3 is 3.00 bits per heavy atom. The summed E-state index contributed by atoms with van der Waals surface area (Å²) in [7, 11) is 1.33. The van der Waals surface area contributed by atoms with Crippen molar-refractivity contribution in [3.8, 4) is 0 Å². The van der Waals surface area contributed by atoms with Gasteiger partial charge in [0.25, 0.3) is 0 Å². The first kappa shape index (κ1) is 12.7. The minimum Gasteiger partial charge on any atom is -0.467 e. The fraction of sp³-hybridized carbons (Fsp3) is 0.357. The highest BCUT2D eigenvalue weighted by atomic mass is 16.5. The average Bonchev–Trinajstić information content (AvgIpc) is 3.20. The monoisotopic (exact) mass is 273 g/mol. The Balaban J connectivity index is 1.85. The van der Waals surface area contributed by atoms with Crippen LogP contribution in [0.15, 0.2) is 35.2 Å². The van der Waals surface area contributed by atoms with Crippen molar-refractivity contribution in [2.24, 2.45) is 0 Å². The van der Waals surface area contributed by atoms with Crippen molar-refractivity contribution in [3.05, 3.63) is 42.2 Å². The van der Waals surface area contributed by atoms with Crippen LogP contribution in [0.3, 0.4) is 0 Å². The summed E-state index contributed by atoms with van der Waals surface area (Å²) in [5.41, 5.74) is 0.218. The predicted octanol–water partition coefficient (Wildman–Crippen LogP) is 2.03. The zero-order chi connectivity index (χ0) is 13.9. The second-order valence-electron chi connectivity index (χ2n) is 4.69. The summed E-state index contributed by atoms with van der Waals surface area (Å²) in [5.74, 6) is 1.06. The van der Waals surface area contributed by atoms with Crippen LogP contribution in [0.2, 0.25) is 0 Å². The van der Waals surface area contributed by atoms with E-state index in [1.807, 2.05) is 12.1 Å². The standard InChI is InChI=1S/C14H15N3O3/c1-19-14(18)12-7-15-8-13(16-12)17(10-4-5-10)9-11-3-2-6-20-11/h2-3,6-8,10H,4-5,9H2,1H3. The molecule has 3 rings (SSSR count). The van der Waals surface area contributed by atoms with E-state index in [2.05, 4.69) is 19.6 Å². The van der Waals surface area contributed by atoms with Gasteiger partial charge in [-0.25, -0.2) is 9.78 Å². The van der Waals surface area contributed by atoms with E-state index in [4.69, 9.17) is 4.42 Å². The van der Waals surface area contributed by atoms with E-state index in [0.717, 1.165) is 18.6 Å². The first-order valence-electron chi connectivity index (χ1n) is 6.47. The fourth-order valence-corrected chi connectivity index (χ4v) is 2.05. The van der Waals surface area contributed by atoms with Crippen molar-refractivity contribution in [2.75, 3.05) is 12.0 Å². The molecule has 0 unspecified atom stereocenters. The molecule has 1 fully saturated rings. The average molecular weight is 273 g/mol. The molecule has 2 aromatic rings. The van der Waals surface area contributed by atoms with Gasteiger partial charge in [0.15, 0.2) is 5.69 Å². The number of anilines is 1. The van der Waals surface area contributed by atoms with Crippen LogP contribution in [-0.4, -0.2) is 29.1 Å². The topological polar surface area (TPSA) is 68.5 Å². The molecule has 2 aromatic heterocycles. The van der Waals surface area contributed by atoms with Crippen LogP contribution in [0, 0.1) is 0 Å². The van der Waals surface area contributed by atoms with Crippen LogP contribution in [0.1, 0.15) is 29.1 Å². The Morgan fingerprint density at radius 1 is 1.50 bits per heavy atom. The Hall–Kier alpha value is -2.37. The lowest BCUT2D eigenvalue weighted by molar-refractivity contribution is 0.0593. The number of methoxy groups -OCH3 is 1. The summed E-state index contributed by atoms with van der Waals surface area (Å²) in [5, 5.41) is 0. The quantitative estimate of drug-likeness (QED) is 0.776. The first-order valence-corrected chi connectivity index (χ1v) is 6.47. The second-order valence-corrected chi connectivity index (χ2v) is 4.69. The number of nitrogens with zero attached hydrogens (tertiary/aromatic N) is 3. The van der Waals surface area contributed by atoms with Crippen LogP contribution < -0.4 is 4.90 Å². The molecule has 0 saturated heterocycles. The molecule has 1 saturated carbocycles. The second kappa shape index (κ2) is 5.32. The van der Waals surface area contributed by atoms with Gasteiger partial charge in [-0.1, -0.05) is 0 Å². The van der Waals surface area contributed by atoms with Crippen LogP contribution in [0.4, 0.5) is 5.82 Å². The van der Waals surface area contributed by atoms with Crippen LogP contribution in [0.5, 0.6) is 0 Å². The number of hydrogen-bond donors (Lipinski definition) is 0. The van der Waals surface area contributed by atoms with Crippen molar-refractivity contribution in [1.82, 2.24) is 9.97 Å². The molecule has 104 valence electrons. The smallest absolute Gasteiger partial charge is 0.358 e. The number of carbonyl (C=O) groups is 1. The van der Waals surface area contributed by atoms with E-state index in [1.54, 1.807) is 12.5 Å². The SMILES string of the molecule is COC(=O)c1cncc(N(Cc2ccco2)C2CC2)n1. The molecule has 0 spiro atoms. The van der Waals surface area contributed by atoms with Crippen molar-refractivity contribution >= 4 is 11.8 Å². The van der Waals surface area contributed by atoms with Crippen LogP contribution in [0.25, 0.3) is 0 Å². The van der Waals surface area contributed by atoms with E-state index in [9.17, 15) is 4.79 Å². The van der Waals surface area contributed by atoms with Crippen molar-refractivity contribution in [2.45, 2.75) is 25.4 Å². The summed E-state index contributed by atoms with van der Waals surface area (Å²) in [6.07, 6.45) is 6.95. The predicted molar refractivity (Wildman–Crippen MR) is 71.3 cm³/mol. The molecular weight excluding hydrogens is 258 g/mol. The van der Waals surface area contributed by atoms with Crippen LogP contribution >= 0.6 is 0 Å². The van der Waals surface area contributed by atoms with Gasteiger partial charge in [-0.3, -0.25) is 4.98 Å². The third-order valence-electron chi connectivity index (χ3n) is 3.20. The molecule has 6 nitrogen and oxygen atoms in total. The zero-order valence-corrected chi connectivity index (χ0v) is 11.2. The number of ether oxygens (including phenoxy) is 1. The number of aromatic nitrogens is 2. The Bertz CT molecular complexity index is 593. The largest absolute Gasteiger partial charge is 0.467 e. The highest BCUT2D eigenvalue weighted by molar-refractivity contribution is 5.87. The van der Waals surface area contributed by atoms with Gasteiger partial charge in [0.2, 0.25) is 0 Å².